The number of ether oxygens (including phenoxy) is 1. The Kier molecular flexibility index (Phi) is 7.80. The second-order valence-corrected chi connectivity index (χ2v) is 10.4. The Morgan fingerprint density at radius 3 is 2.14 bits per heavy atom. The van der Waals surface area contributed by atoms with Crippen LogP contribution in [0.15, 0.2) is 78.0 Å². The number of piperidine rings is 1. The summed E-state index contributed by atoms with van der Waals surface area (Å²) >= 11 is 0. The Bertz CT molecular complexity index is 1220. The van der Waals surface area contributed by atoms with Crippen molar-refractivity contribution in [1.82, 2.24) is 14.6 Å². The lowest BCUT2D eigenvalue weighted by Gasteiger charge is -2.34. The molecule has 184 valence electrons. The monoisotopic (exact) mass is 495 g/mol. The first kappa shape index (κ1) is 24.8. The van der Waals surface area contributed by atoms with Crippen LogP contribution in [0, 0.1) is 5.92 Å². The molecule has 0 radical (unpaired) electrons. The fraction of sp³-hybridized carbons (Fsp3) is 0.308. The average molecular weight is 496 g/mol. The van der Waals surface area contributed by atoms with Crippen LogP contribution < -0.4 is 9.46 Å². The Balaban J connectivity index is 1.40. The molecule has 1 fully saturated rings. The first-order valence-corrected chi connectivity index (χ1v) is 12.9. The van der Waals surface area contributed by atoms with E-state index in [0.29, 0.717) is 25.9 Å². The zero-order valence-corrected chi connectivity index (χ0v) is 20.3. The number of carboxylic acid groups (broad SMARTS) is 1. The first-order valence-electron chi connectivity index (χ1n) is 11.5. The molecule has 2 aromatic carbocycles. The number of likely N-dealkylation sites (tertiary alicyclic amines) is 1. The molecule has 2 heterocycles. The van der Waals surface area contributed by atoms with Crippen molar-refractivity contribution in [2.45, 2.75) is 30.3 Å². The molecule has 0 spiro atoms. The van der Waals surface area contributed by atoms with Gasteiger partial charge < -0.3 is 9.84 Å². The van der Waals surface area contributed by atoms with E-state index in [9.17, 15) is 18.3 Å². The number of pyridine rings is 1. The number of sulfonamides is 1. The van der Waals surface area contributed by atoms with Crippen LogP contribution in [-0.4, -0.2) is 55.6 Å². The van der Waals surface area contributed by atoms with Gasteiger partial charge in [-0.05, 0) is 84.9 Å². The molecule has 35 heavy (non-hydrogen) atoms. The van der Waals surface area contributed by atoms with Gasteiger partial charge in [-0.25, -0.2) is 8.42 Å². The van der Waals surface area contributed by atoms with Crippen molar-refractivity contribution >= 4 is 16.0 Å². The van der Waals surface area contributed by atoms with Crippen molar-refractivity contribution in [2.75, 3.05) is 20.2 Å². The Labute approximate surface area is 205 Å². The van der Waals surface area contributed by atoms with Crippen LogP contribution in [0.3, 0.4) is 0 Å². The van der Waals surface area contributed by atoms with Crippen LogP contribution in [0.1, 0.15) is 18.4 Å². The van der Waals surface area contributed by atoms with Crippen molar-refractivity contribution in [1.29, 1.82) is 0 Å². The third-order valence-electron chi connectivity index (χ3n) is 6.40. The number of aliphatic carboxylic acids is 1. The SMILES string of the molecule is COc1ccc(-c2ccc(S(=O)(=O)NC(C(=O)O)C3CCN(Cc4ccncc4)CC3)cc2)cc1. The van der Waals surface area contributed by atoms with Gasteiger partial charge in [-0.1, -0.05) is 24.3 Å². The normalized spacial score (nSPS) is 16.0. The molecule has 8 nitrogen and oxygen atoms in total. The number of carboxylic acids is 1. The van der Waals surface area contributed by atoms with Crippen molar-refractivity contribution in [3.8, 4) is 16.9 Å². The summed E-state index contributed by atoms with van der Waals surface area (Å²) in [7, 11) is -2.40. The third kappa shape index (κ3) is 6.25. The molecule has 1 unspecified atom stereocenters. The summed E-state index contributed by atoms with van der Waals surface area (Å²) in [4.78, 5) is 18.3. The number of hydrogen-bond donors (Lipinski definition) is 2. The number of benzene rings is 2. The smallest absolute Gasteiger partial charge is 0.322 e. The predicted molar refractivity (Wildman–Crippen MR) is 132 cm³/mol. The number of aromatic nitrogens is 1. The number of carbonyl (C=O) groups is 1. The third-order valence-corrected chi connectivity index (χ3v) is 7.85. The minimum atomic E-state index is -4.00. The topological polar surface area (TPSA) is 109 Å². The lowest BCUT2D eigenvalue weighted by Crippen LogP contribution is -2.49. The second-order valence-electron chi connectivity index (χ2n) is 8.66. The zero-order chi connectivity index (χ0) is 24.8. The molecule has 4 rings (SSSR count). The molecule has 1 aromatic heterocycles. The van der Waals surface area contributed by atoms with E-state index in [4.69, 9.17) is 4.74 Å². The van der Waals surface area contributed by atoms with Crippen molar-refractivity contribution in [3.05, 3.63) is 78.6 Å². The maximum atomic E-state index is 13.0. The van der Waals surface area contributed by atoms with Gasteiger partial charge in [0.2, 0.25) is 10.0 Å². The van der Waals surface area contributed by atoms with Crippen LogP contribution in [0.4, 0.5) is 0 Å². The Hall–Kier alpha value is -3.27. The molecule has 1 aliphatic rings. The van der Waals surface area contributed by atoms with Gasteiger partial charge in [0.15, 0.2) is 0 Å². The van der Waals surface area contributed by atoms with E-state index in [-0.39, 0.29) is 10.8 Å². The Morgan fingerprint density at radius 2 is 1.60 bits per heavy atom. The second kappa shape index (κ2) is 11.0. The summed E-state index contributed by atoms with van der Waals surface area (Å²) in [6.45, 7) is 2.17. The highest BCUT2D eigenvalue weighted by molar-refractivity contribution is 7.89. The molecule has 2 N–H and O–H groups in total. The van der Waals surface area contributed by atoms with Gasteiger partial charge in [-0.15, -0.1) is 0 Å². The molecule has 3 aromatic rings. The standard InChI is InChI=1S/C26H29N3O5S/c1-34-23-6-2-20(3-7-23)21-4-8-24(9-5-21)35(32,33)28-25(26(30)31)22-12-16-29(17-13-22)18-19-10-14-27-15-11-19/h2-11,14-15,22,25,28H,12-13,16-18H2,1H3,(H,30,31). The molecule has 1 saturated heterocycles. The van der Waals surface area contributed by atoms with Gasteiger partial charge >= 0.3 is 5.97 Å². The fourth-order valence-electron chi connectivity index (χ4n) is 4.38. The molecule has 1 atom stereocenters. The quantitative estimate of drug-likeness (QED) is 0.468. The number of methoxy groups -OCH3 is 1. The van der Waals surface area contributed by atoms with E-state index in [1.165, 1.54) is 12.1 Å². The molecule has 0 aliphatic carbocycles. The van der Waals surface area contributed by atoms with Crippen LogP contribution in [0.2, 0.25) is 0 Å². The molecular weight excluding hydrogens is 466 g/mol. The van der Waals surface area contributed by atoms with E-state index in [1.807, 2.05) is 36.4 Å². The van der Waals surface area contributed by atoms with Crippen molar-refractivity contribution < 1.29 is 23.1 Å². The predicted octanol–water partition coefficient (Wildman–Crippen LogP) is 3.40. The summed E-state index contributed by atoms with van der Waals surface area (Å²) in [6, 6.07) is 16.6. The first-order chi connectivity index (χ1) is 16.9. The molecule has 9 heteroatoms. The lowest BCUT2D eigenvalue weighted by molar-refractivity contribution is -0.140. The number of nitrogens with one attached hydrogen (secondary N) is 1. The highest BCUT2D eigenvalue weighted by Gasteiger charge is 2.35. The van der Waals surface area contributed by atoms with E-state index in [0.717, 1.165) is 29.0 Å². The van der Waals surface area contributed by atoms with E-state index in [2.05, 4.69) is 14.6 Å². The highest BCUT2D eigenvalue weighted by atomic mass is 32.2. The summed E-state index contributed by atoms with van der Waals surface area (Å²) in [5.74, 6) is -0.703. The Morgan fingerprint density at radius 1 is 1.03 bits per heavy atom. The fourth-order valence-corrected chi connectivity index (χ4v) is 5.64. The van der Waals surface area contributed by atoms with Crippen LogP contribution >= 0.6 is 0 Å². The van der Waals surface area contributed by atoms with Gasteiger partial charge in [0.05, 0.1) is 12.0 Å². The van der Waals surface area contributed by atoms with Gasteiger partial charge in [0, 0.05) is 18.9 Å². The minimum Gasteiger partial charge on any atom is -0.497 e. The number of hydrogen-bond acceptors (Lipinski definition) is 6. The number of nitrogens with zero attached hydrogens (tertiary/aromatic N) is 2. The van der Waals surface area contributed by atoms with Gasteiger partial charge in [0.1, 0.15) is 11.8 Å². The summed E-state index contributed by atoms with van der Waals surface area (Å²) < 4.78 is 33.7. The highest BCUT2D eigenvalue weighted by Crippen LogP contribution is 2.26. The zero-order valence-electron chi connectivity index (χ0n) is 19.5. The maximum absolute atomic E-state index is 13.0. The van der Waals surface area contributed by atoms with E-state index >= 15 is 0 Å². The van der Waals surface area contributed by atoms with Gasteiger partial charge in [-0.2, -0.15) is 4.72 Å². The number of rotatable bonds is 9. The largest absolute Gasteiger partial charge is 0.497 e. The molecule has 0 saturated carbocycles. The van der Waals surface area contributed by atoms with E-state index in [1.54, 1.807) is 31.6 Å². The van der Waals surface area contributed by atoms with Gasteiger partial charge in [0.25, 0.3) is 0 Å². The lowest BCUT2D eigenvalue weighted by atomic mass is 9.90. The van der Waals surface area contributed by atoms with E-state index < -0.39 is 22.0 Å². The molecular formula is C26H29N3O5S. The summed E-state index contributed by atoms with van der Waals surface area (Å²) in [5, 5.41) is 9.81. The van der Waals surface area contributed by atoms with Crippen LogP contribution in [-0.2, 0) is 21.4 Å². The minimum absolute atomic E-state index is 0.0381. The van der Waals surface area contributed by atoms with Crippen LogP contribution in [0.5, 0.6) is 5.75 Å². The maximum Gasteiger partial charge on any atom is 0.322 e. The summed E-state index contributed by atoms with van der Waals surface area (Å²) in [6.07, 6.45) is 4.70. The molecule has 0 bridgehead atoms. The molecule has 1 aliphatic heterocycles. The van der Waals surface area contributed by atoms with Crippen molar-refractivity contribution in [2.24, 2.45) is 5.92 Å². The van der Waals surface area contributed by atoms with Crippen LogP contribution in [0.25, 0.3) is 11.1 Å². The average Bonchev–Trinajstić information content (AvgIpc) is 2.88. The molecule has 0 amide bonds. The summed E-state index contributed by atoms with van der Waals surface area (Å²) in [5.41, 5.74) is 2.92. The van der Waals surface area contributed by atoms with Crippen molar-refractivity contribution in [3.63, 3.8) is 0 Å². The van der Waals surface area contributed by atoms with Gasteiger partial charge in [-0.3, -0.25) is 14.7 Å².